The molecular formula is C58H73Cl3I3N4NaO7. The van der Waals surface area contributed by atoms with Crippen molar-refractivity contribution in [3.05, 3.63) is 154 Å². The van der Waals surface area contributed by atoms with E-state index in [-0.39, 0.29) is 55.3 Å². The molecule has 7 aromatic rings. The number of alkyl halides is 2. The van der Waals surface area contributed by atoms with E-state index in [0.29, 0.717) is 27.7 Å². The van der Waals surface area contributed by atoms with Gasteiger partial charge in [0.15, 0.2) is 16.9 Å². The van der Waals surface area contributed by atoms with Crippen LogP contribution in [0.4, 0.5) is 11.4 Å². The number of hydrogen-bond acceptors (Lipinski definition) is 11. The molecular weight excluding hydrogens is 1370 g/mol. The molecule has 5 N–H and O–H groups in total. The number of oxazole rings is 2. The second-order valence-electron chi connectivity index (χ2n) is 17.7. The van der Waals surface area contributed by atoms with Crippen molar-refractivity contribution in [3.8, 4) is 0 Å². The summed E-state index contributed by atoms with van der Waals surface area (Å²) in [5, 5.41) is 17.3. The summed E-state index contributed by atoms with van der Waals surface area (Å²) in [4.78, 5) is 38.5. The Morgan fingerprint density at radius 3 is 1.34 bits per heavy atom. The zero-order valence-corrected chi connectivity index (χ0v) is 57.0. The Labute approximate surface area is 529 Å². The topological polar surface area (TPSA) is 199 Å². The van der Waals surface area contributed by atoms with E-state index in [2.05, 4.69) is 158 Å². The zero-order chi connectivity index (χ0) is 57.2. The number of Topliss-reactive ketones (excluding diaryl/α,β-unsaturated/α-hetero) is 1. The first-order valence-corrected chi connectivity index (χ1v) is 27.7. The summed E-state index contributed by atoms with van der Waals surface area (Å²) in [6.07, 6.45) is 0.448. The van der Waals surface area contributed by atoms with Crippen LogP contribution in [-0.4, -0.2) is 37.9 Å². The Kier molecular flexibility index (Phi) is 35.4. The van der Waals surface area contributed by atoms with Gasteiger partial charge in [-0.05, 0) is 310 Å². The van der Waals surface area contributed by atoms with Crippen molar-refractivity contribution in [2.75, 3.05) is 17.3 Å². The Bertz CT molecular complexity index is 2980. The number of carbonyl (C=O) groups is 3. The van der Waals surface area contributed by atoms with Gasteiger partial charge in [-0.25, -0.2) is 9.97 Å². The molecule has 7 rings (SSSR count). The van der Waals surface area contributed by atoms with Gasteiger partial charge < -0.3 is 35.3 Å². The third-order valence-electron chi connectivity index (χ3n) is 12.3. The van der Waals surface area contributed by atoms with Crippen LogP contribution >= 0.6 is 103 Å². The molecule has 11 nitrogen and oxygen atoms in total. The molecule has 410 valence electrons. The minimum absolute atomic E-state index is 0. The molecule has 0 amide bonds. The molecule has 0 bridgehead atoms. The number of nitrogen functional groups attached to an aromatic ring is 2. The third kappa shape index (κ3) is 23.1. The molecule has 0 spiro atoms. The molecule has 2 aromatic heterocycles. The van der Waals surface area contributed by atoms with Gasteiger partial charge in [-0.1, -0.05) is 20.1 Å². The second kappa shape index (κ2) is 35.7. The number of aryl methyl sites for hydroxylation is 8. The molecule has 0 saturated carbocycles. The maximum Gasteiger partial charge on any atom is 1.00 e. The van der Waals surface area contributed by atoms with E-state index in [1.54, 1.807) is 22.6 Å². The fourth-order valence-electron chi connectivity index (χ4n) is 6.85. The summed E-state index contributed by atoms with van der Waals surface area (Å²) in [5.74, 6) is 0.397. The average molecular weight is 1450 g/mol. The number of aliphatic carboxylic acids is 1. The summed E-state index contributed by atoms with van der Waals surface area (Å²) >= 11 is 22.4. The van der Waals surface area contributed by atoms with Crippen molar-refractivity contribution < 1.29 is 63.0 Å². The van der Waals surface area contributed by atoms with Crippen LogP contribution in [0.1, 0.15) is 115 Å². The Balaban J connectivity index is 0. The van der Waals surface area contributed by atoms with Crippen LogP contribution in [0.2, 0.25) is 0 Å². The van der Waals surface area contributed by atoms with Crippen molar-refractivity contribution in [1.29, 1.82) is 0 Å². The number of aliphatic hydroxyl groups excluding tert-OH is 1. The van der Waals surface area contributed by atoms with Crippen molar-refractivity contribution in [1.82, 2.24) is 9.97 Å². The SMILES string of the molecule is C.C=C(I)C(=O)Cl.CC(=O)[O-].Cc1cc(CC(=O)CCl)c(I)c(C)c1C.Cc1cc(N)c(I)c(C)c1C.Cc1cc(N)cc(C)c1C.Cc1cc2nc(CCl)oc2c(C)c1C.Cc1cc2nc(CO)oc2c(C)c1C.[Na+]. The van der Waals surface area contributed by atoms with Crippen molar-refractivity contribution in [2.45, 2.75) is 137 Å². The summed E-state index contributed by atoms with van der Waals surface area (Å²) in [5.41, 5.74) is 36.5. The number of benzene rings is 5. The monoisotopic (exact) mass is 1450 g/mol. The Morgan fingerprint density at radius 1 is 0.618 bits per heavy atom. The van der Waals surface area contributed by atoms with Crippen LogP contribution in [0.3, 0.4) is 0 Å². The largest absolute Gasteiger partial charge is 1.00 e. The minimum atomic E-state index is -1.08. The number of hydrogen-bond donors (Lipinski definition) is 3. The summed E-state index contributed by atoms with van der Waals surface area (Å²) in [7, 11) is 0. The molecule has 5 aromatic carbocycles. The normalized spacial score (nSPS) is 9.88. The van der Waals surface area contributed by atoms with E-state index in [1.807, 2.05) is 44.2 Å². The van der Waals surface area contributed by atoms with Crippen LogP contribution in [0.15, 0.2) is 55.4 Å². The van der Waals surface area contributed by atoms with Gasteiger partial charge in [0.1, 0.15) is 17.6 Å². The van der Waals surface area contributed by atoms with E-state index in [4.69, 9.17) is 70.1 Å². The van der Waals surface area contributed by atoms with Crippen LogP contribution in [0.5, 0.6) is 0 Å². The van der Waals surface area contributed by atoms with E-state index < -0.39 is 11.2 Å². The van der Waals surface area contributed by atoms with E-state index in [1.165, 1.54) is 79.5 Å². The van der Waals surface area contributed by atoms with Gasteiger partial charge in [-0.2, -0.15) is 0 Å². The molecule has 0 unspecified atom stereocenters. The number of nitrogens with zero attached hydrogens (tertiary/aromatic N) is 2. The van der Waals surface area contributed by atoms with Gasteiger partial charge >= 0.3 is 29.6 Å². The summed E-state index contributed by atoms with van der Waals surface area (Å²) < 4.78 is 13.7. The molecule has 0 saturated heterocycles. The third-order valence-corrected chi connectivity index (χ3v) is 16.8. The number of carboxylic acid groups (broad SMARTS) is 1. The zero-order valence-electron chi connectivity index (χ0n) is 46.2. The van der Waals surface area contributed by atoms with E-state index in [0.717, 1.165) is 57.2 Å². The van der Waals surface area contributed by atoms with E-state index in [9.17, 15) is 9.59 Å². The van der Waals surface area contributed by atoms with Crippen LogP contribution in [-0.2, 0) is 33.3 Å². The molecule has 0 aliphatic carbocycles. The smallest absolute Gasteiger partial charge is 0.550 e. The number of rotatable bonds is 6. The Morgan fingerprint density at radius 2 is 0.961 bits per heavy atom. The van der Waals surface area contributed by atoms with Crippen LogP contribution < -0.4 is 46.1 Å². The number of aliphatic hydroxyl groups is 1. The number of carboxylic acids is 1. The first-order chi connectivity index (χ1) is 34.2. The first-order valence-electron chi connectivity index (χ1n) is 23.0. The molecule has 18 heteroatoms. The van der Waals surface area contributed by atoms with Crippen LogP contribution in [0.25, 0.3) is 22.2 Å². The van der Waals surface area contributed by atoms with Crippen molar-refractivity contribution in [2.24, 2.45) is 0 Å². The number of aromatic nitrogens is 2. The molecule has 0 radical (unpaired) electrons. The van der Waals surface area contributed by atoms with Crippen molar-refractivity contribution >= 4 is 153 Å². The number of carbonyl (C=O) groups excluding carboxylic acids is 3. The number of allylic oxidation sites excluding steroid dienone is 1. The number of fused-ring (bicyclic) bond motifs is 2. The molecule has 0 fully saturated rings. The average Bonchev–Trinajstić information content (AvgIpc) is 3.96. The standard InChI is InChI=1S/C12H14ClIO.C11H12ClNO.C11H13NO2.C9H12IN.C9H13N.C3H2ClIO.C2H4O2.CH4.Na/c1-7-4-10(5-11(15)6-13)12(14)9(3)8(7)2;1-6-4-9-11(8(3)7(6)2)14-10(5-12)13-9;1-6-4-9-11(8(3)7(6)2)14-10(5-13)12-9;1-5-4-8(11)9(10)7(3)6(5)2;1-6-4-9(10)5-7(2)8(6)3;1-2(5)3(4)6;1-2(3)4;;/h4H,5-6H2,1-3H3;4H,5H2,1-3H3;4,13H,5H2,1-3H3;4H,11H2,1-3H3;4-5H,10H2,1-3H3;1H2;1H3,(H,3,4);1H4;/q;;;;;;;;+1/p-1. The van der Waals surface area contributed by atoms with Gasteiger partial charge in [0.25, 0.3) is 5.24 Å². The van der Waals surface area contributed by atoms with Crippen LogP contribution in [0, 0.1) is 111 Å². The maximum atomic E-state index is 11.3. The fraction of sp³-hybridized carbons (Fsp3) is 0.362. The fourth-order valence-corrected chi connectivity index (χ4v) is 8.37. The molecule has 0 aliphatic rings. The van der Waals surface area contributed by atoms with Gasteiger partial charge in [-0.3, -0.25) is 9.59 Å². The number of anilines is 2. The predicted octanol–water partition coefficient (Wildman–Crippen LogP) is 12.4. The number of nitrogens with two attached hydrogens (primary N) is 2. The summed E-state index contributed by atoms with van der Waals surface area (Å²) in [6.45, 7) is 35.3. The maximum absolute atomic E-state index is 11.3. The predicted molar refractivity (Wildman–Crippen MR) is 339 cm³/mol. The molecule has 76 heavy (non-hydrogen) atoms. The molecule has 0 aliphatic heterocycles. The van der Waals surface area contributed by atoms with Gasteiger partial charge in [0.2, 0.25) is 11.8 Å². The quantitative estimate of drug-likeness (QED) is 0.0357. The number of halogens is 6. The minimum Gasteiger partial charge on any atom is -0.550 e. The van der Waals surface area contributed by atoms with Gasteiger partial charge in [0, 0.05) is 30.9 Å². The number of ketones is 1. The van der Waals surface area contributed by atoms with Crippen molar-refractivity contribution in [3.63, 3.8) is 0 Å². The van der Waals surface area contributed by atoms with Gasteiger partial charge in [0.05, 0.1) is 15.3 Å². The molecule has 0 atom stereocenters. The van der Waals surface area contributed by atoms with Gasteiger partial charge in [-0.15, -0.1) is 23.2 Å². The second-order valence-corrected chi connectivity index (χ2v) is 22.0. The van der Waals surface area contributed by atoms with E-state index >= 15 is 0 Å². The Hall–Kier alpha value is -2.79. The molecule has 2 heterocycles. The first kappa shape index (κ1) is 75.3. The summed E-state index contributed by atoms with van der Waals surface area (Å²) in [6, 6.07) is 12.2.